The van der Waals surface area contributed by atoms with Crippen LogP contribution in [0.5, 0.6) is 0 Å². The summed E-state index contributed by atoms with van der Waals surface area (Å²) in [4.78, 5) is 30.7. The van der Waals surface area contributed by atoms with E-state index < -0.39 is 5.60 Å². The molecule has 6 rings (SSSR count). The van der Waals surface area contributed by atoms with Crippen LogP contribution in [-0.2, 0) is 20.7 Å². The number of amides is 2. The van der Waals surface area contributed by atoms with Gasteiger partial charge >= 0.3 is 0 Å². The molecule has 10 nitrogen and oxygen atoms in total. The van der Waals surface area contributed by atoms with Gasteiger partial charge < -0.3 is 24.6 Å². The molecule has 3 aromatic rings. The van der Waals surface area contributed by atoms with Crippen LogP contribution in [-0.4, -0.2) is 94.5 Å². The second-order valence-electron chi connectivity index (χ2n) is 11.0. The minimum atomic E-state index is -0.744. The topological polar surface area (TPSA) is 102 Å². The van der Waals surface area contributed by atoms with E-state index in [0.29, 0.717) is 63.9 Å². The molecule has 3 aliphatic rings. The van der Waals surface area contributed by atoms with Crippen LogP contribution in [0.4, 0.5) is 5.69 Å². The molecule has 0 radical (unpaired) electrons. The predicted octanol–water partition coefficient (Wildman–Crippen LogP) is 2.79. The Morgan fingerprint density at radius 3 is 2.62 bits per heavy atom. The zero-order valence-corrected chi connectivity index (χ0v) is 22.7. The van der Waals surface area contributed by atoms with Crippen LogP contribution in [0.1, 0.15) is 35.2 Å². The first-order valence-corrected chi connectivity index (χ1v) is 14.1. The number of ether oxygens (including phenoxy) is 2. The number of carbonyl (C=O) groups is 2. The van der Waals surface area contributed by atoms with Gasteiger partial charge in [0, 0.05) is 49.6 Å². The maximum absolute atomic E-state index is 13.6. The molecule has 0 bridgehead atoms. The number of nitrogens with one attached hydrogen (secondary N) is 1. The number of anilines is 1. The van der Waals surface area contributed by atoms with Gasteiger partial charge in [0.05, 0.1) is 26.3 Å². The van der Waals surface area contributed by atoms with Crippen LogP contribution < -0.4 is 5.32 Å². The average molecular weight is 545 g/mol. The van der Waals surface area contributed by atoms with E-state index in [0.717, 1.165) is 31.5 Å². The van der Waals surface area contributed by atoms with Crippen molar-refractivity contribution in [2.75, 3.05) is 57.9 Å². The summed E-state index contributed by atoms with van der Waals surface area (Å²) in [5, 5.41) is 11.2. The summed E-state index contributed by atoms with van der Waals surface area (Å²) in [6.07, 6.45) is 6.29. The highest BCUT2D eigenvalue weighted by atomic mass is 16.5. The van der Waals surface area contributed by atoms with E-state index >= 15 is 0 Å². The van der Waals surface area contributed by atoms with Crippen molar-refractivity contribution >= 4 is 17.5 Å². The molecule has 3 aliphatic heterocycles. The Bertz CT molecular complexity index is 1310. The van der Waals surface area contributed by atoms with Gasteiger partial charge in [0.15, 0.2) is 0 Å². The fourth-order valence-electron chi connectivity index (χ4n) is 5.98. The maximum Gasteiger partial charge on any atom is 0.253 e. The average Bonchev–Trinajstić information content (AvgIpc) is 3.35. The minimum Gasteiger partial charge on any atom is -0.385 e. The van der Waals surface area contributed by atoms with E-state index in [1.54, 1.807) is 17.2 Å². The molecule has 4 heterocycles. The van der Waals surface area contributed by atoms with Crippen molar-refractivity contribution in [1.82, 2.24) is 24.6 Å². The van der Waals surface area contributed by atoms with Gasteiger partial charge in [0.2, 0.25) is 5.91 Å². The maximum atomic E-state index is 13.6. The number of hydrogen-bond donors (Lipinski definition) is 1. The molecule has 2 aromatic carbocycles. The summed E-state index contributed by atoms with van der Waals surface area (Å²) in [5.74, 6) is 0.501. The largest absolute Gasteiger partial charge is 0.385 e. The highest BCUT2D eigenvalue weighted by Gasteiger charge is 2.41. The molecular formula is C30H36N6O4. The van der Waals surface area contributed by atoms with Crippen LogP contribution >= 0.6 is 0 Å². The van der Waals surface area contributed by atoms with Crippen molar-refractivity contribution in [3.05, 3.63) is 72.3 Å². The molecular weight excluding hydrogens is 508 g/mol. The second kappa shape index (κ2) is 11.8. The van der Waals surface area contributed by atoms with Gasteiger partial charge in [-0.3, -0.25) is 14.2 Å². The van der Waals surface area contributed by atoms with E-state index in [2.05, 4.69) is 33.7 Å². The van der Waals surface area contributed by atoms with Crippen molar-refractivity contribution in [3.8, 4) is 5.69 Å². The number of fused-ring (bicyclic) bond motifs is 1. The summed E-state index contributed by atoms with van der Waals surface area (Å²) < 4.78 is 14.1. The number of rotatable bonds is 5. The molecule has 2 unspecified atom stereocenters. The number of para-hydroxylation sites is 1. The zero-order chi connectivity index (χ0) is 27.4. The highest BCUT2D eigenvalue weighted by molar-refractivity contribution is 5.94. The fraction of sp³-hybridized carbons (Fsp3) is 0.467. The van der Waals surface area contributed by atoms with Gasteiger partial charge in [0.25, 0.3) is 5.91 Å². The minimum absolute atomic E-state index is 0.0487. The molecule has 1 N–H and O–H groups in total. The van der Waals surface area contributed by atoms with Gasteiger partial charge in [-0.2, -0.15) is 0 Å². The van der Waals surface area contributed by atoms with Gasteiger partial charge in [-0.15, -0.1) is 10.2 Å². The lowest BCUT2D eigenvalue weighted by atomic mass is 9.90. The monoisotopic (exact) mass is 544 g/mol. The van der Waals surface area contributed by atoms with Crippen molar-refractivity contribution < 1.29 is 19.1 Å². The quantitative estimate of drug-likeness (QED) is 0.527. The van der Waals surface area contributed by atoms with E-state index in [1.807, 2.05) is 40.1 Å². The van der Waals surface area contributed by atoms with Crippen LogP contribution in [0.25, 0.3) is 5.69 Å². The Balaban J connectivity index is 1.09. The molecule has 2 fully saturated rings. The predicted molar refractivity (Wildman–Crippen MR) is 149 cm³/mol. The normalized spacial score (nSPS) is 23.1. The fourth-order valence-corrected chi connectivity index (χ4v) is 5.98. The number of hydrogen-bond acceptors (Lipinski definition) is 7. The lowest BCUT2D eigenvalue weighted by Crippen LogP contribution is -2.55. The molecule has 2 atom stereocenters. The molecule has 40 heavy (non-hydrogen) atoms. The number of nitrogens with zero attached hydrogens (tertiary/aromatic N) is 5. The molecule has 0 saturated carbocycles. The Labute approximate surface area is 234 Å². The van der Waals surface area contributed by atoms with Gasteiger partial charge in [0.1, 0.15) is 18.3 Å². The number of carbonyl (C=O) groups excluding carboxylic acids is 2. The highest BCUT2D eigenvalue weighted by Crippen LogP contribution is 2.28. The van der Waals surface area contributed by atoms with Crippen LogP contribution in [0, 0.1) is 5.92 Å². The first-order chi connectivity index (χ1) is 19.6. The Morgan fingerprint density at radius 1 is 0.975 bits per heavy atom. The third kappa shape index (κ3) is 5.88. The van der Waals surface area contributed by atoms with Crippen molar-refractivity contribution in [3.63, 3.8) is 0 Å². The first kappa shape index (κ1) is 26.5. The molecule has 1 spiro atoms. The molecule has 1 aromatic heterocycles. The second-order valence-corrected chi connectivity index (χ2v) is 11.0. The lowest BCUT2D eigenvalue weighted by molar-refractivity contribution is -0.137. The van der Waals surface area contributed by atoms with Crippen LogP contribution in [0.15, 0.2) is 61.2 Å². The third-order valence-corrected chi connectivity index (χ3v) is 8.15. The van der Waals surface area contributed by atoms with Crippen molar-refractivity contribution in [2.45, 2.75) is 31.3 Å². The Hall–Kier alpha value is -3.76. The number of aromatic nitrogens is 3. The summed E-state index contributed by atoms with van der Waals surface area (Å²) >= 11 is 0. The summed E-state index contributed by atoms with van der Waals surface area (Å²) in [7, 11) is 0. The smallest absolute Gasteiger partial charge is 0.253 e. The molecule has 2 amide bonds. The zero-order valence-electron chi connectivity index (χ0n) is 22.7. The van der Waals surface area contributed by atoms with Crippen molar-refractivity contribution in [1.29, 1.82) is 0 Å². The van der Waals surface area contributed by atoms with Gasteiger partial charge in [-0.05, 0) is 61.1 Å². The standard InChI is InChI=1S/C30H36N6O4/c37-28(11-6-23-16-25-4-1-2-5-27(25)31-17-23)34-13-15-39-20-30(18-34)19-35(12-3-14-40-30)29(38)24-7-9-26(10-8-24)36-21-32-33-22-36/h1-2,4-5,7-10,21-23,31H,3,6,11-20H2. The first-order valence-electron chi connectivity index (χ1n) is 14.1. The summed E-state index contributed by atoms with van der Waals surface area (Å²) in [6.45, 7) is 4.17. The van der Waals surface area contributed by atoms with Crippen LogP contribution in [0.2, 0.25) is 0 Å². The van der Waals surface area contributed by atoms with E-state index in [-0.39, 0.29) is 11.8 Å². The number of benzene rings is 2. The van der Waals surface area contributed by atoms with E-state index in [9.17, 15) is 9.59 Å². The third-order valence-electron chi connectivity index (χ3n) is 8.15. The molecule has 2 saturated heterocycles. The lowest BCUT2D eigenvalue weighted by Gasteiger charge is -2.37. The molecule has 10 heteroatoms. The molecule has 0 aliphatic carbocycles. The van der Waals surface area contributed by atoms with Crippen LogP contribution in [0.3, 0.4) is 0 Å². The van der Waals surface area contributed by atoms with E-state index in [4.69, 9.17) is 9.47 Å². The van der Waals surface area contributed by atoms with Crippen molar-refractivity contribution in [2.24, 2.45) is 5.92 Å². The summed E-state index contributed by atoms with van der Waals surface area (Å²) in [6, 6.07) is 15.8. The Kier molecular flexibility index (Phi) is 7.79. The van der Waals surface area contributed by atoms with Gasteiger partial charge in [-0.25, -0.2) is 0 Å². The van der Waals surface area contributed by atoms with E-state index in [1.165, 1.54) is 11.3 Å². The molecule has 210 valence electrons. The van der Waals surface area contributed by atoms with Gasteiger partial charge in [-0.1, -0.05) is 18.2 Å². The summed E-state index contributed by atoms with van der Waals surface area (Å²) in [5.41, 5.74) is 3.27. The Morgan fingerprint density at radius 2 is 1.77 bits per heavy atom. The SMILES string of the molecule is O=C(CCC1CNc2ccccc2C1)N1CCOCC2(C1)CN(C(=O)c1ccc(-n3cnnc3)cc1)CCCO2.